The summed E-state index contributed by atoms with van der Waals surface area (Å²) in [4.78, 5) is 24.0. The van der Waals surface area contributed by atoms with Crippen LogP contribution in [0.3, 0.4) is 0 Å². The number of urea groups is 1. The molecule has 2 aromatic rings. The van der Waals surface area contributed by atoms with Gasteiger partial charge in [0.15, 0.2) is 11.0 Å². The zero-order chi connectivity index (χ0) is 19.5. The van der Waals surface area contributed by atoms with Crippen molar-refractivity contribution in [1.29, 1.82) is 0 Å². The molecule has 1 heterocycles. The maximum absolute atomic E-state index is 12.2. The van der Waals surface area contributed by atoms with Crippen LogP contribution in [0.4, 0.5) is 4.79 Å². The molecular formula is C17H22ClN5O2S. The van der Waals surface area contributed by atoms with E-state index in [2.05, 4.69) is 20.8 Å². The van der Waals surface area contributed by atoms with Gasteiger partial charge in [-0.15, -0.1) is 10.2 Å². The summed E-state index contributed by atoms with van der Waals surface area (Å²) < 4.78 is 1.77. The monoisotopic (exact) mass is 395 g/mol. The summed E-state index contributed by atoms with van der Waals surface area (Å²) in [5, 5.41) is 13.9. The van der Waals surface area contributed by atoms with Gasteiger partial charge in [-0.1, -0.05) is 35.5 Å². The van der Waals surface area contributed by atoms with Crippen molar-refractivity contribution in [3.63, 3.8) is 0 Å². The van der Waals surface area contributed by atoms with E-state index >= 15 is 0 Å². The van der Waals surface area contributed by atoms with Gasteiger partial charge in [0.25, 0.3) is 0 Å². The fraction of sp³-hybridized carbons (Fsp3) is 0.412. The Balaban J connectivity index is 2.06. The largest absolute Gasteiger partial charge is 0.333 e. The van der Waals surface area contributed by atoms with Gasteiger partial charge in [0, 0.05) is 18.2 Å². The molecule has 0 saturated heterocycles. The Morgan fingerprint density at radius 3 is 2.50 bits per heavy atom. The number of carbonyl (C=O) groups excluding carboxylic acids is 2. The fourth-order valence-electron chi connectivity index (χ4n) is 2.09. The van der Waals surface area contributed by atoms with Crippen molar-refractivity contribution in [2.75, 3.05) is 0 Å². The molecule has 1 atom stereocenters. The summed E-state index contributed by atoms with van der Waals surface area (Å²) in [5.41, 5.74) is 0.339. The molecule has 26 heavy (non-hydrogen) atoms. The molecule has 0 aliphatic heterocycles. The fourth-order valence-corrected chi connectivity index (χ4v) is 3.13. The summed E-state index contributed by atoms with van der Waals surface area (Å²) in [6.45, 7) is 7.22. The highest BCUT2D eigenvalue weighted by molar-refractivity contribution is 8.00. The number of halogens is 1. The topological polar surface area (TPSA) is 88.9 Å². The van der Waals surface area contributed by atoms with Crippen molar-refractivity contribution in [3.8, 4) is 11.4 Å². The molecule has 2 N–H and O–H groups in total. The normalized spacial score (nSPS) is 12.5. The van der Waals surface area contributed by atoms with Crippen LogP contribution >= 0.6 is 23.4 Å². The van der Waals surface area contributed by atoms with Gasteiger partial charge in [0.1, 0.15) is 0 Å². The highest BCUT2D eigenvalue weighted by atomic mass is 35.5. The standard InChI is InChI=1S/C17H22ClN5O2S/c1-10(14(24)19-15(25)20-17(2,3)4)26-16-22-21-13(23(16)5)11-8-6-7-9-12(11)18/h6-10H,1-5H3,(H2,19,20,24,25)/t10-/m1/s1. The van der Waals surface area contributed by atoms with E-state index in [0.29, 0.717) is 16.0 Å². The van der Waals surface area contributed by atoms with Crippen molar-refractivity contribution in [2.24, 2.45) is 7.05 Å². The van der Waals surface area contributed by atoms with Gasteiger partial charge in [0.2, 0.25) is 5.91 Å². The molecule has 9 heteroatoms. The quantitative estimate of drug-likeness (QED) is 0.776. The second kappa shape index (κ2) is 8.09. The Bertz CT molecular complexity index is 816. The van der Waals surface area contributed by atoms with Crippen LogP contribution in [0.1, 0.15) is 27.7 Å². The Labute approximate surface area is 161 Å². The van der Waals surface area contributed by atoms with E-state index < -0.39 is 22.7 Å². The number of amides is 3. The number of aromatic nitrogens is 3. The first-order valence-electron chi connectivity index (χ1n) is 8.02. The first-order chi connectivity index (χ1) is 12.1. The van der Waals surface area contributed by atoms with E-state index in [0.717, 1.165) is 5.56 Å². The molecule has 0 radical (unpaired) electrons. The Hall–Kier alpha value is -2.06. The van der Waals surface area contributed by atoms with Gasteiger partial charge >= 0.3 is 6.03 Å². The maximum atomic E-state index is 12.2. The molecule has 0 saturated carbocycles. The zero-order valence-corrected chi connectivity index (χ0v) is 16.9. The average molecular weight is 396 g/mol. The van der Waals surface area contributed by atoms with Crippen molar-refractivity contribution >= 4 is 35.3 Å². The molecule has 2 rings (SSSR count). The minimum atomic E-state index is -0.525. The molecule has 0 aliphatic carbocycles. The lowest BCUT2D eigenvalue weighted by molar-refractivity contribution is -0.119. The van der Waals surface area contributed by atoms with Crippen LogP contribution in [0.2, 0.25) is 5.02 Å². The number of hydrogen-bond acceptors (Lipinski definition) is 5. The summed E-state index contributed by atoms with van der Waals surface area (Å²) in [6, 6.07) is 6.82. The average Bonchev–Trinajstić information content (AvgIpc) is 2.86. The maximum Gasteiger partial charge on any atom is 0.321 e. The van der Waals surface area contributed by atoms with Crippen molar-refractivity contribution in [1.82, 2.24) is 25.4 Å². The number of benzene rings is 1. The van der Waals surface area contributed by atoms with Gasteiger partial charge < -0.3 is 9.88 Å². The smallest absolute Gasteiger partial charge is 0.321 e. The lowest BCUT2D eigenvalue weighted by Crippen LogP contribution is -2.49. The molecule has 140 valence electrons. The van der Waals surface area contributed by atoms with E-state index in [9.17, 15) is 9.59 Å². The third kappa shape index (κ3) is 5.22. The highest BCUT2D eigenvalue weighted by Gasteiger charge is 2.23. The second-order valence-electron chi connectivity index (χ2n) is 6.80. The third-order valence-electron chi connectivity index (χ3n) is 3.33. The molecule has 0 fully saturated rings. The van der Waals surface area contributed by atoms with E-state index in [1.807, 2.05) is 39.0 Å². The predicted octanol–water partition coefficient (Wildman–Crippen LogP) is 3.24. The summed E-state index contributed by atoms with van der Waals surface area (Å²) in [5.74, 6) is 0.204. The minimum Gasteiger partial charge on any atom is -0.333 e. The number of carbonyl (C=O) groups is 2. The summed E-state index contributed by atoms with van der Waals surface area (Å²) in [7, 11) is 1.80. The van der Waals surface area contributed by atoms with Gasteiger partial charge in [0.05, 0.1) is 10.3 Å². The molecular weight excluding hydrogens is 374 g/mol. The first kappa shape index (κ1) is 20.3. The second-order valence-corrected chi connectivity index (χ2v) is 8.51. The number of thioether (sulfide) groups is 1. The number of rotatable bonds is 4. The van der Waals surface area contributed by atoms with Gasteiger partial charge in [-0.3, -0.25) is 10.1 Å². The van der Waals surface area contributed by atoms with E-state index in [4.69, 9.17) is 11.6 Å². The van der Waals surface area contributed by atoms with Crippen LogP contribution in [0.5, 0.6) is 0 Å². The molecule has 7 nitrogen and oxygen atoms in total. The van der Waals surface area contributed by atoms with Crippen molar-refractivity contribution < 1.29 is 9.59 Å². The van der Waals surface area contributed by atoms with E-state index in [-0.39, 0.29) is 0 Å². The highest BCUT2D eigenvalue weighted by Crippen LogP contribution is 2.29. The molecule has 1 aromatic carbocycles. The number of hydrogen-bond donors (Lipinski definition) is 2. The third-order valence-corrected chi connectivity index (χ3v) is 4.79. The number of nitrogens with one attached hydrogen (secondary N) is 2. The molecule has 0 aliphatic rings. The molecule has 0 spiro atoms. The van der Waals surface area contributed by atoms with Gasteiger partial charge in [-0.2, -0.15) is 0 Å². The van der Waals surface area contributed by atoms with Gasteiger partial charge in [-0.25, -0.2) is 4.79 Å². The molecule has 3 amide bonds. The lowest BCUT2D eigenvalue weighted by atomic mass is 10.1. The van der Waals surface area contributed by atoms with Crippen molar-refractivity contribution in [3.05, 3.63) is 29.3 Å². The lowest BCUT2D eigenvalue weighted by Gasteiger charge is -2.21. The first-order valence-corrected chi connectivity index (χ1v) is 9.28. The molecule has 0 unspecified atom stereocenters. The summed E-state index contributed by atoms with van der Waals surface area (Å²) >= 11 is 7.42. The molecule has 0 bridgehead atoms. The Morgan fingerprint density at radius 1 is 1.23 bits per heavy atom. The van der Waals surface area contributed by atoms with Crippen molar-refractivity contribution in [2.45, 2.75) is 43.6 Å². The van der Waals surface area contributed by atoms with Crippen LogP contribution in [-0.2, 0) is 11.8 Å². The number of imide groups is 1. The predicted molar refractivity (Wildman–Crippen MR) is 103 cm³/mol. The van der Waals surface area contributed by atoms with E-state index in [1.165, 1.54) is 11.8 Å². The molecule has 1 aromatic heterocycles. The van der Waals surface area contributed by atoms with Crippen LogP contribution in [-0.4, -0.2) is 37.5 Å². The number of nitrogens with zero attached hydrogens (tertiary/aromatic N) is 3. The van der Waals surface area contributed by atoms with Crippen LogP contribution in [0, 0.1) is 0 Å². The van der Waals surface area contributed by atoms with Crippen LogP contribution < -0.4 is 10.6 Å². The zero-order valence-electron chi connectivity index (χ0n) is 15.3. The van der Waals surface area contributed by atoms with Crippen LogP contribution in [0.25, 0.3) is 11.4 Å². The minimum absolute atomic E-state index is 0.404. The van der Waals surface area contributed by atoms with Crippen LogP contribution in [0.15, 0.2) is 29.4 Å². The Kier molecular flexibility index (Phi) is 6.30. The Morgan fingerprint density at radius 2 is 1.88 bits per heavy atom. The SMILES string of the molecule is C[C@@H](Sc1nnc(-c2ccccc2Cl)n1C)C(=O)NC(=O)NC(C)(C)C. The van der Waals surface area contributed by atoms with E-state index in [1.54, 1.807) is 24.6 Å². The van der Waals surface area contributed by atoms with Gasteiger partial charge in [-0.05, 0) is 39.8 Å². The summed E-state index contributed by atoms with van der Waals surface area (Å²) in [6.07, 6.45) is 0.